The number of benzene rings is 1. The number of rotatable bonds is 6. The fourth-order valence-electron chi connectivity index (χ4n) is 2.04. The van der Waals surface area contributed by atoms with E-state index in [1.165, 1.54) is 11.3 Å². The summed E-state index contributed by atoms with van der Waals surface area (Å²) in [6, 6.07) is 10.5. The number of anilines is 2. The van der Waals surface area contributed by atoms with Crippen LogP contribution in [0.5, 0.6) is 0 Å². The van der Waals surface area contributed by atoms with Gasteiger partial charge in [-0.1, -0.05) is 0 Å². The van der Waals surface area contributed by atoms with Crippen molar-refractivity contribution in [1.29, 1.82) is 0 Å². The zero-order valence-corrected chi connectivity index (χ0v) is 13.4. The Morgan fingerprint density at radius 3 is 2.55 bits per heavy atom. The summed E-state index contributed by atoms with van der Waals surface area (Å²) in [6.45, 7) is 2.84. The van der Waals surface area contributed by atoms with Gasteiger partial charge in [0.05, 0.1) is 12.3 Å². The monoisotopic (exact) mass is 290 g/mol. The van der Waals surface area contributed by atoms with Gasteiger partial charge in [0.25, 0.3) is 0 Å². The first kappa shape index (κ1) is 14.9. The van der Waals surface area contributed by atoms with Crippen LogP contribution in [-0.4, -0.2) is 20.4 Å². The molecule has 0 bridgehead atoms. The van der Waals surface area contributed by atoms with Crippen LogP contribution in [0.15, 0.2) is 34.7 Å². The van der Waals surface area contributed by atoms with E-state index in [2.05, 4.69) is 61.8 Å². The Hall–Kier alpha value is -1.55. The number of hydrogen-bond acceptors (Lipinski definition) is 4. The average Bonchev–Trinajstić information content (AvgIpc) is 2.85. The van der Waals surface area contributed by atoms with Crippen molar-refractivity contribution in [1.82, 2.24) is 0 Å². The van der Waals surface area contributed by atoms with Gasteiger partial charge in [-0.05, 0) is 49.1 Å². The Balaban J connectivity index is 1.99. The molecule has 4 heteroatoms. The minimum atomic E-state index is 0.719. The lowest BCUT2D eigenvalue weighted by Crippen LogP contribution is -2.09. The third-order valence-electron chi connectivity index (χ3n) is 3.18. The zero-order chi connectivity index (χ0) is 14.5. The van der Waals surface area contributed by atoms with Crippen molar-refractivity contribution in [2.24, 2.45) is 0 Å². The van der Waals surface area contributed by atoms with Gasteiger partial charge in [-0.15, -0.1) is 0 Å². The van der Waals surface area contributed by atoms with E-state index < -0.39 is 0 Å². The molecule has 1 aromatic carbocycles. The minimum Gasteiger partial charge on any atom is -0.463 e. The maximum Gasteiger partial charge on any atom is 0.123 e. The normalized spacial score (nSPS) is 10.6. The molecular weight excluding hydrogens is 268 g/mol. The second kappa shape index (κ2) is 6.75. The van der Waals surface area contributed by atoms with Crippen LogP contribution in [0.25, 0.3) is 0 Å². The maximum atomic E-state index is 5.76. The highest BCUT2D eigenvalue weighted by atomic mass is 32.2. The first-order valence-corrected chi connectivity index (χ1v) is 8.08. The van der Waals surface area contributed by atoms with Crippen molar-refractivity contribution in [2.45, 2.75) is 19.2 Å². The van der Waals surface area contributed by atoms with Gasteiger partial charge in [-0.2, -0.15) is 11.8 Å². The molecule has 0 aliphatic carbocycles. The van der Waals surface area contributed by atoms with Crippen molar-refractivity contribution in [2.75, 3.05) is 30.6 Å². The van der Waals surface area contributed by atoms with Crippen LogP contribution in [0.3, 0.4) is 0 Å². The lowest BCUT2D eigenvalue weighted by Gasteiger charge is -2.15. The Kier molecular flexibility index (Phi) is 5.01. The number of aryl methyl sites for hydroxylation is 1. The first-order chi connectivity index (χ1) is 9.60. The summed E-state index contributed by atoms with van der Waals surface area (Å²) in [6.07, 6.45) is 2.08. The zero-order valence-electron chi connectivity index (χ0n) is 12.6. The topological polar surface area (TPSA) is 28.4 Å². The van der Waals surface area contributed by atoms with Crippen molar-refractivity contribution < 1.29 is 4.42 Å². The largest absolute Gasteiger partial charge is 0.463 e. The molecule has 1 N–H and O–H groups in total. The quantitative estimate of drug-likeness (QED) is 0.866. The highest BCUT2D eigenvalue weighted by Crippen LogP contribution is 2.22. The second-order valence-electron chi connectivity index (χ2n) is 5.05. The molecule has 3 nitrogen and oxygen atoms in total. The van der Waals surface area contributed by atoms with Gasteiger partial charge in [0.1, 0.15) is 11.5 Å². The van der Waals surface area contributed by atoms with Gasteiger partial charge >= 0.3 is 0 Å². The molecule has 0 aliphatic heterocycles. The van der Waals surface area contributed by atoms with E-state index in [0.29, 0.717) is 0 Å². The lowest BCUT2D eigenvalue weighted by atomic mass is 10.1. The molecule has 0 saturated heterocycles. The summed E-state index contributed by atoms with van der Waals surface area (Å²) in [4.78, 5) is 2.11. The number of nitrogens with one attached hydrogen (secondary N) is 1. The Labute approximate surface area is 125 Å². The maximum absolute atomic E-state index is 5.76. The van der Waals surface area contributed by atoms with Crippen molar-refractivity contribution in [3.63, 3.8) is 0 Å². The summed E-state index contributed by atoms with van der Waals surface area (Å²) < 4.78 is 5.76. The molecule has 0 unspecified atom stereocenters. The third-order valence-corrected chi connectivity index (χ3v) is 3.76. The molecule has 0 spiro atoms. The van der Waals surface area contributed by atoms with Gasteiger partial charge in [-0.3, -0.25) is 0 Å². The highest BCUT2D eigenvalue weighted by molar-refractivity contribution is 7.97. The second-order valence-corrected chi connectivity index (χ2v) is 5.91. The third kappa shape index (κ3) is 3.73. The van der Waals surface area contributed by atoms with E-state index in [9.17, 15) is 0 Å². The molecule has 0 fully saturated rings. The molecule has 0 amide bonds. The Morgan fingerprint density at radius 2 is 1.90 bits per heavy atom. The highest BCUT2D eigenvalue weighted by Gasteiger charge is 2.04. The molecule has 108 valence electrons. The van der Waals surface area contributed by atoms with Crippen LogP contribution in [0.1, 0.15) is 17.1 Å². The summed E-state index contributed by atoms with van der Waals surface area (Å²) in [7, 11) is 4.11. The number of thioether (sulfide) groups is 1. The standard InChI is InChI=1S/C16H22N2OS/c1-12-9-13(18(2)3)5-8-16(12)17-10-14-6-7-15(19-14)11-20-4/h5-9,17H,10-11H2,1-4H3. The number of furan rings is 1. The average molecular weight is 290 g/mol. The molecule has 2 rings (SSSR count). The molecule has 1 aromatic heterocycles. The van der Waals surface area contributed by atoms with E-state index in [0.717, 1.165) is 29.5 Å². The van der Waals surface area contributed by atoms with Crippen LogP contribution >= 0.6 is 11.8 Å². The first-order valence-electron chi connectivity index (χ1n) is 6.68. The summed E-state index contributed by atoms with van der Waals surface area (Å²) in [5.41, 5.74) is 3.61. The molecule has 20 heavy (non-hydrogen) atoms. The molecule has 0 saturated carbocycles. The van der Waals surface area contributed by atoms with Gasteiger partial charge in [-0.25, -0.2) is 0 Å². The van der Waals surface area contributed by atoms with Crippen LogP contribution in [0.4, 0.5) is 11.4 Å². The summed E-state index contributed by atoms with van der Waals surface area (Å²) in [5.74, 6) is 2.94. The van der Waals surface area contributed by atoms with Crippen molar-refractivity contribution >= 4 is 23.1 Å². The predicted molar refractivity (Wildman–Crippen MR) is 88.8 cm³/mol. The van der Waals surface area contributed by atoms with E-state index in [1.807, 2.05) is 6.07 Å². The van der Waals surface area contributed by atoms with Crippen molar-refractivity contribution in [3.05, 3.63) is 47.4 Å². The molecule has 2 aromatic rings. The fraction of sp³-hybridized carbons (Fsp3) is 0.375. The van der Waals surface area contributed by atoms with Crippen LogP contribution in [0.2, 0.25) is 0 Å². The molecular formula is C16H22N2OS. The van der Waals surface area contributed by atoms with Gasteiger partial charge in [0.15, 0.2) is 0 Å². The SMILES string of the molecule is CSCc1ccc(CNc2ccc(N(C)C)cc2C)o1. The fourth-order valence-corrected chi connectivity index (χ4v) is 2.48. The molecule has 0 aliphatic rings. The molecule has 1 heterocycles. The van der Waals surface area contributed by atoms with Crippen LogP contribution in [0, 0.1) is 6.92 Å². The summed E-state index contributed by atoms with van der Waals surface area (Å²) in [5, 5.41) is 3.43. The predicted octanol–water partition coefficient (Wildman–Crippen LogP) is 4.13. The van der Waals surface area contributed by atoms with Crippen LogP contribution in [-0.2, 0) is 12.3 Å². The van der Waals surface area contributed by atoms with E-state index >= 15 is 0 Å². The lowest BCUT2D eigenvalue weighted by molar-refractivity contribution is 0.487. The Morgan fingerprint density at radius 1 is 1.15 bits per heavy atom. The smallest absolute Gasteiger partial charge is 0.123 e. The van der Waals surface area contributed by atoms with Gasteiger partial charge in [0.2, 0.25) is 0 Å². The summed E-state index contributed by atoms with van der Waals surface area (Å²) >= 11 is 1.77. The van der Waals surface area contributed by atoms with Crippen molar-refractivity contribution in [3.8, 4) is 0 Å². The molecule has 0 atom stereocenters. The number of nitrogens with zero attached hydrogens (tertiary/aromatic N) is 1. The van der Waals surface area contributed by atoms with Gasteiger partial charge in [0, 0.05) is 25.5 Å². The van der Waals surface area contributed by atoms with Gasteiger partial charge < -0.3 is 14.6 Å². The van der Waals surface area contributed by atoms with Crippen LogP contribution < -0.4 is 10.2 Å². The number of hydrogen-bond donors (Lipinski definition) is 1. The molecule has 0 radical (unpaired) electrons. The van der Waals surface area contributed by atoms with E-state index in [1.54, 1.807) is 11.8 Å². The Bertz CT molecular complexity index is 563. The van der Waals surface area contributed by atoms with E-state index in [-0.39, 0.29) is 0 Å². The van der Waals surface area contributed by atoms with E-state index in [4.69, 9.17) is 4.42 Å². The minimum absolute atomic E-state index is 0.719.